The maximum absolute atomic E-state index is 11.4. The molecule has 0 aromatic carbocycles. The van der Waals surface area contributed by atoms with Gasteiger partial charge in [0.15, 0.2) is 12.6 Å². The number of aliphatic hydroxyl groups excluding tert-OH is 7. The first-order chi connectivity index (χ1) is 12.2. The van der Waals surface area contributed by atoms with Crippen molar-refractivity contribution in [3.05, 3.63) is 0 Å². The summed E-state index contributed by atoms with van der Waals surface area (Å²) < 4.78 is 15.7. The van der Waals surface area contributed by atoms with E-state index in [0.717, 1.165) is 6.92 Å². The van der Waals surface area contributed by atoms with Gasteiger partial charge in [-0.2, -0.15) is 0 Å². The van der Waals surface area contributed by atoms with Gasteiger partial charge >= 0.3 is 0 Å². The lowest BCUT2D eigenvalue weighted by Crippen LogP contribution is -2.67. The Labute approximate surface area is 148 Å². The molecule has 0 aliphatic carbocycles. The van der Waals surface area contributed by atoms with E-state index in [1.807, 2.05) is 0 Å². The first-order valence-corrected chi connectivity index (χ1v) is 8.06. The fraction of sp³-hybridized carbons (Fsp3) is 0.929. The van der Waals surface area contributed by atoms with Crippen molar-refractivity contribution < 1.29 is 54.8 Å². The van der Waals surface area contributed by atoms with Crippen molar-refractivity contribution in [2.24, 2.45) is 0 Å². The number of carbonyl (C=O) groups excluding carboxylic acids is 1. The van der Waals surface area contributed by atoms with Crippen molar-refractivity contribution >= 4 is 5.91 Å². The first-order valence-electron chi connectivity index (χ1n) is 8.06. The second-order valence-electron chi connectivity index (χ2n) is 6.26. The third-order valence-electron chi connectivity index (χ3n) is 4.38. The zero-order chi connectivity index (χ0) is 19.6. The number of hydrogen-bond acceptors (Lipinski definition) is 11. The minimum Gasteiger partial charge on any atom is -0.394 e. The van der Waals surface area contributed by atoms with Crippen molar-refractivity contribution in [3.63, 3.8) is 0 Å². The summed E-state index contributed by atoms with van der Waals surface area (Å²) in [6.07, 6.45) is -13.7. The summed E-state index contributed by atoms with van der Waals surface area (Å²) in [4.78, 5) is 11.4. The summed E-state index contributed by atoms with van der Waals surface area (Å²) in [6, 6.07) is -1.28. The van der Waals surface area contributed by atoms with Crippen LogP contribution in [0.15, 0.2) is 0 Å². The van der Waals surface area contributed by atoms with E-state index in [1.54, 1.807) is 0 Å². The van der Waals surface area contributed by atoms with Crippen molar-refractivity contribution in [1.82, 2.24) is 5.32 Å². The first kappa shape index (κ1) is 21.4. The van der Waals surface area contributed by atoms with Crippen LogP contribution in [0.3, 0.4) is 0 Å². The predicted octanol–water partition coefficient (Wildman–Crippen LogP) is -5.25. The van der Waals surface area contributed by atoms with Crippen molar-refractivity contribution in [2.45, 2.75) is 68.3 Å². The number of amides is 1. The van der Waals surface area contributed by atoms with Gasteiger partial charge in [0, 0.05) is 6.92 Å². The SMILES string of the molecule is CC(=O)N[C@H]1[C@H](O[C@H]2O[C@@H](CO)[C@H](O)[C@@H](O)[C@@H]2O)[C@@H](O)[C@@H](CO)O[C@H]1O. The van der Waals surface area contributed by atoms with Crippen molar-refractivity contribution in [3.8, 4) is 0 Å². The molecular weight excluding hydrogens is 358 g/mol. The Bertz CT molecular complexity index is 478. The topological polar surface area (TPSA) is 198 Å². The zero-order valence-corrected chi connectivity index (χ0v) is 14.0. The Morgan fingerprint density at radius 2 is 1.50 bits per heavy atom. The Balaban J connectivity index is 2.21. The predicted molar refractivity (Wildman–Crippen MR) is 80.2 cm³/mol. The molecule has 2 fully saturated rings. The van der Waals surface area contributed by atoms with E-state index in [9.17, 15) is 40.5 Å². The molecule has 0 bridgehead atoms. The summed E-state index contributed by atoms with van der Waals surface area (Å²) in [5, 5.41) is 70.7. The van der Waals surface area contributed by atoms with E-state index in [1.165, 1.54) is 0 Å². The molecule has 1 amide bonds. The lowest BCUT2D eigenvalue weighted by molar-refractivity contribution is -0.341. The highest BCUT2D eigenvalue weighted by atomic mass is 16.7. The smallest absolute Gasteiger partial charge is 0.217 e. The van der Waals surface area contributed by atoms with E-state index in [4.69, 9.17) is 14.2 Å². The largest absolute Gasteiger partial charge is 0.394 e. The molecule has 2 aliphatic rings. The van der Waals surface area contributed by atoms with Gasteiger partial charge < -0.3 is 55.3 Å². The van der Waals surface area contributed by atoms with Gasteiger partial charge in [-0.15, -0.1) is 0 Å². The Hall–Kier alpha value is -0.930. The maximum Gasteiger partial charge on any atom is 0.217 e. The normalized spacial score (nSPS) is 46.8. The Morgan fingerprint density at radius 1 is 0.923 bits per heavy atom. The van der Waals surface area contributed by atoms with Gasteiger partial charge in [-0.1, -0.05) is 0 Å². The summed E-state index contributed by atoms with van der Waals surface area (Å²) in [5.41, 5.74) is 0. The minimum atomic E-state index is -1.74. The van der Waals surface area contributed by atoms with E-state index >= 15 is 0 Å². The molecule has 2 heterocycles. The van der Waals surface area contributed by atoms with Crippen LogP contribution in [0, 0.1) is 0 Å². The van der Waals surface area contributed by atoms with Crippen LogP contribution in [-0.2, 0) is 19.0 Å². The van der Waals surface area contributed by atoms with Crippen LogP contribution in [-0.4, -0.2) is 116 Å². The summed E-state index contributed by atoms with van der Waals surface area (Å²) >= 11 is 0. The number of nitrogens with one attached hydrogen (secondary N) is 1. The molecule has 0 aromatic rings. The average molecular weight is 383 g/mol. The maximum atomic E-state index is 11.4. The second-order valence-corrected chi connectivity index (χ2v) is 6.26. The monoisotopic (exact) mass is 383 g/mol. The minimum absolute atomic E-state index is 0.574. The van der Waals surface area contributed by atoms with E-state index in [-0.39, 0.29) is 0 Å². The third-order valence-corrected chi connectivity index (χ3v) is 4.38. The number of aliphatic hydroxyl groups is 7. The standard InChI is InChI=1S/C14H25NO11/c1-4(18)15-7-12(9(20)6(3-17)24-13(7)23)26-14-11(22)10(21)8(19)5(2-16)25-14/h5-14,16-17,19-23H,2-3H2,1H3,(H,15,18)/t5-,6+,7-,8-,9-,10+,11-,12-,13+,14+/m0/s1. The Morgan fingerprint density at radius 3 is 2.04 bits per heavy atom. The summed E-state index contributed by atoms with van der Waals surface area (Å²) in [6.45, 7) is -0.195. The lowest BCUT2D eigenvalue weighted by atomic mass is 9.95. The third kappa shape index (κ3) is 4.31. The van der Waals surface area contributed by atoms with Crippen LogP contribution in [0.5, 0.6) is 0 Å². The Kier molecular flexibility index (Phi) is 7.27. The fourth-order valence-electron chi connectivity index (χ4n) is 2.97. The van der Waals surface area contributed by atoms with Crippen molar-refractivity contribution in [1.29, 1.82) is 0 Å². The molecule has 152 valence electrons. The van der Waals surface area contributed by atoms with E-state index in [2.05, 4.69) is 5.32 Å². The van der Waals surface area contributed by atoms with E-state index in [0.29, 0.717) is 0 Å². The highest BCUT2D eigenvalue weighted by Crippen LogP contribution is 2.28. The van der Waals surface area contributed by atoms with Crippen LogP contribution < -0.4 is 5.32 Å². The second kappa shape index (κ2) is 8.84. The molecule has 0 saturated carbocycles. The van der Waals surface area contributed by atoms with Crippen LogP contribution >= 0.6 is 0 Å². The van der Waals surface area contributed by atoms with Gasteiger partial charge in [0.05, 0.1) is 13.2 Å². The van der Waals surface area contributed by atoms with Crippen molar-refractivity contribution in [2.75, 3.05) is 13.2 Å². The molecule has 0 spiro atoms. The van der Waals surface area contributed by atoms with E-state index < -0.39 is 80.5 Å². The lowest BCUT2D eigenvalue weighted by Gasteiger charge is -2.46. The van der Waals surface area contributed by atoms with Crippen LogP contribution in [0.25, 0.3) is 0 Å². The molecule has 10 atom stereocenters. The number of rotatable bonds is 5. The van der Waals surface area contributed by atoms with Gasteiger partial charge in [0.2, 0.25) is 5.91 Å². The highest BCUT2D eigenvalue weighted by molar-refractivity contribution is 5.73. The van der Waals surface area contributed by atoms with Crippen LogP contribution in [0.2, 0.25) is 0 Å². The highest BCUT2D eigenvalue weighted by Gasteiger charge is 2.50. The fourth-order valence-corrected chi connectivity index (χ4v) is 2.97. The summed E-state index contributed by atoms with van der Waals surface area (Å²) in [7, 11) is 0. The number of hydrogen-bond donors (Lipinski definition) is 8. The molecule has 2 rings (SSSR count). The van der Waals surface area contributed by atoms with Gasteiger partial charge in [0.25, 0.3) is 0 Å². The molecule has 0 radical (unpaired) electrons. The number of ether oxygens (including phenoxy) is 3. The summed E-state index contributed by atoms with van der Waals surface area (Å²) in [5.74, 6) is -0.574. The molecule has 0 aromatic heterocycles. The van der Waals surface area contributed by atoms with Gasteiger partial charge in [-0.25, -0.2) is 0 Å². The quantitative estimate of drug-likeness (QED) is 0.226. The zero-order valence-electron chi connectivity index (χ0n) is 14.0. The van der Waals surface area contributed by atoms with Crippen LogP contribution in [0.1, 0.15) is 6.92 Å². The molecular formula is C14H25NO11. The molecule has 26 heavy (non-hydrogen) atoms. The molecule has 2 saturated heterocycles. The van der Waals surface area contributed by atoms with Gasteiger partial charge in [-0.3, -0.25) is 4.79 Å². The molecule has 12 heteroatoms. The molecule has 2 aliphatic heterocycles. The van der Waals surface area contributed by atoms with Crippen LogP contribution in [0.4, 0.5) is 0 Å². The van der Waals surface area contributed by atoms with Gasteiger partial charge in [0.1, 0.15) is 48.8 Å². The molecule has 8 N–H and O–H groups in total. The molecule has 12 nitrogen and oxygen atoms in total. The number of carbonyl (C=O) groups is 1. The average Bonchev–Trinajstić information content (AvgIpc) is 2.60. The molecule has 0 unspecified atom stereocenters. The van der Waals surface area contributed by atoms with Gasteiger partial charge in [-0.05, 0) is 0 Å².